The normalized spacial score (nSPS) is 13.9. The summed E-state index contributed by atoms with van der Waals surface area (Å²) in [5.74, 6) is -1.37. The maximum atomic E-state index is 14.6. The van der Waals surface area contributed by atoms with Gasteiger partial charge in [-0.1, -0.05) is 18.2 Å². The molecule has 1 aliphatic carbocycles. The fourth-order valence-corrected chi connectivity index (χ4v) is 5.15. The molecule has 3 aromatic rings. The third-order valence-electron chi connectivity index (χ3n) is 5.27. The zero-order valence-corrected chi connectivity index (χ0v) is 20.7. The fraction of sp³-hybridized carbons (Fsp3) is 0.217. The maximum Gasteiger partial charge on any atom is 0.274 e. The number of hydrogen-bond acceptors (Lipinski definition) is 6. The Bertz CT molecular complexity index is 1510. The van der Waals surface area contributed by atoms with Gasteiger partial charge < -0.3 is 10.1 Å². The number of anilines is 3. The summed E-state index contributed by atoms with van der Waals surface area (Å²) in [6, 6.07) is 12.6. The summed E-state index contributed by atoms with van der Waals surface area (Å²) in [4.78, 5) is 0. The number of hydrogen-bond donors (Lipinski definition) is 4. The second-order valence-electron chi connectivity index (χ2n) is 8.40. The predicted molar refractivity (Wildman–Crippen MR) is 133 cm³/mol. The Hall–Kier alpha value is -3.26. The van der Waals surface area contributed by atoms with E-state index in [1.165, 1.54) is 24.3 Å². The van der Waals surface area contributed by atoms with Gasteiger partial charge in [-0.2, -0.15) is 13.1 Å². The summed E-state index contributed by atoms with van der Waals surface area (Å²) in [6.45, 7) is 1.59. The molecule has 36 heavy (non-hydrogen) atoms. The summed E-state index contributed by atoms with van der Waals surface area (Å²) < 4.78 is 87.5. The van der Waals surface area contributed by atoms with Gasteiger partial charge in [0.2, 0.25) is 10.0 Å². The van der Waals surface area contributed by atoms with E-state index in [1.54, 1.807) is 25.1 Å². The molecule has 0 spiro atoms. The topological polar surface area (TPSA) is 140 Å². The van der Waals surface area contributed by atoms with Gasteiger partial charge in [0.25, 0.3) is 10.2 Å². The van der Waals surface area contributed by atoms with Crippen LogP contribution in [0.15, 0.2) is 54.6 Å². The van der Waals surface area contributed by atoms with Crippen LogP contribution < -0.4 is 24.6 Å². The van der Waals surface area contributed by atoms with Crippen LogP contribution in [0.25, 0.3) is 0 Å². The molecule has 0 aromatic heterocycles. The van der Waals surface area contributed by atoms with Crippen LogP contribution >= 0.6 is 0 Å². The summed E-state index contributed by atoms with van der Waals surface area (Å²) in [7, 11) is -7.74. The van der Waals surface area contributed by atoms with Crippen molar-refractivity contribution in [1.82, 2.24) is 4.72 Å². The first-order valence-electron chi connectivity index (χ1n) is 10.8. The third kappa shape index (κ3) is 6.69. The van der Waals surface area contributed by atoms with E-state index in [-0.39, 0.29) is 35.1 Å². The lowest BCUT2D eigenvalue weighted by molar-refractivity contribution is 0.478. The molecule has 0 saturated heterocycles. The first-order valence-corrected chi connectivity index (χ1v) is 13.9. The molecule has 4 rings (SSSR count). The van der Waals surface area contributed by atoms with Gasteiger partial charge in [-0.25, -0.2) is 22.3 Å². The molecule has 0 atom stereocenters. The lowest BCUT2D eigenvalue weighted by Gasteiger charge is -2.19. The number of benzene rings is 3. The average Bonchev–Trinajstić information content (AvgIpc) is 3.63. The molecule has 1 saturated carbocycles. The zero-order chi connectivity index (χ0) is 26.1. The van der Waals surface area contributed by atoms with E-state index >= 15 is 0 Å². The Morgan fingerprint density at radius 3 is 2.42 bits per heavy atom. The molecule has 0 heterocycles. The van der Waals surface area contributed by atoms with Crippen molar-refractivity contribution < 1.29 is 30.4 Å². The van der Waals surface area contributed by atoms with Crippen LogP contribution in [0.2, 0.25) is 0 Å². The monoisotopic (exact) mass is 538 g/mol. The molecule has 0 amide bonds. The van der Waals surface area contributed by atoms with E-state index in [4.69, 9.17) is 9.88 Å². The first-order chi connectivity index (χ1) is 16.9. The van der Waals surface area contributed by atoms with Gasteiger partial charge in [-0.05, 0) is 61.2 Å². The van der Waals surface area contributed by atoms with Gasteiger partial charge in [0, 0.05) is 12.6 Å². The number of sulfonamides is 1. The molecular weight excluding hydrogens is 514 g/mol. The largest absolute Gasteiger partial charge is 0.455 e. The van der Waals surface area contributed by atoms with Gasteiger partial charge in [-0.3, -0.25) is 4.72 Å². The number of halogens is 2. The van der Waals surface area contributed by atoms with E-state index in [2.05, 4.69) is 14.8 Å². The molecule has 0 unspecified atom stereocenters. The van der Waals surface area contributed by atoms with Crippen molar-refractivity contribution in [3.8, 4) is 11.5 Å². The molecule has 0 aliphatic heterocycles. The van der Waals surface area contributed by atoms with E-state index in [9.17, 15) is 25.6 Å². The molecule has 0 radical (unpaired) electrons. The number of rotatable bonds is 10. The highest BCUT2D eigenvalue weighted by molar-refractivity contribution is 7.93. The number of ether oxygens (including phenoxy) is 1. The number of aryl methyl sites for hydroxylation is 1. The van der Waals surface area contributed by atoms with Crippen LogP contribution in [0, 0.1) is 18.6 Å². The van der Waals surface area contributed by atoms with Crippen LogP contribution in [0.4, 0.5) is 25.8 Å². The van der Waals surface area contributed by atoms with Crippen LogP contribution in [0.1, 0.15) is 24.0 Å². The van der Waals surface area contributed by atoms with Gasteiger partial charge in [0.05, 0.1) is 16.6 Å². The van der Waals surface area contributed by atoms with Gasteiger partial charge in [0.1, 0.15) is 23.1 Å². The molecule has 13 heteroatoms. The van der Waals surface area contributed by atoms with Gasteiger partial charge >= 0.3 is 0 Å². The molecule has 1 aliphatic rings. The fourth-order valence-electron chi connectivity index (χ4n) is 3.37. The molecule has 9 nitrogen and oxygen atoms in total. The first kappa shape index (κ1) is 25.8. The Balaban J connectivity index is 1.72. The van der Waals surface area contributed by atoms with Crippen molar-refractivity contribution in [3.05, 3.63) is 77.4 Å². The van der Waals surface area contributed by atoms with Crippen molar-refractivity contribution >= 4 is 37.3 Å². The highest BCUT2D eigenvalue weighted by Crippen LogP contribution is 2.41. The highest BCUT2D eigenvalue weighted by Gasteiger charge is 2.37. The minimum Gasteiger partial charge on any atom is -0.455 e. The van der Waals surface area contributed by atoms with E-state index < -0.39 is 37.1 Å². The Morgan fingerprint density at radius 2 is 1.75 bits per heavy atom. The standard InChI is InChI=1S/C23H24F2N4O5S2/c1-14-5-8-20(19(25)9-14)28-21-11-16(24)12-22(23(21)29-35(30,31)18-6-7-18)34-17-4-2-3-15(10-17)13-27-36(26,32)33/h2-5,8-12,18,27-29H,6-7,13H2,1H3,(H2,26,32,33). The van der Waals surface area contributed by atoms with Crippen molar-refractivity contribution in [2.24, 2.45) is 5.14 Å². The zero-order valence-electron chi connectivity index (χ0n) is 19.1. The van der Waals surface area contributed by atoms with Crippen molar-refractivity contribution in [2.75, 3.05) is 10.0 Å². The summed E-state index contributed by atoms with van der Waals surface area (Å²) in [6.07, 6.45) is 0.975. The molecule has 0 bridgehead atoms. The number of nitrogens with one attached hydrogen (secondary N) is 3. The molecular formula is C23H24F2N4O5S2. The van der Waals surface area contributed by atoms with E-state index in [1.807, 2.05) is 0 Å². The van der Waals surface area contributed by atoms with Crippen molar-refractivity contribution in [1.29, 1.82) is 0 Å². The van der Waals surface area contributed by atoms with Crippen molar-refractivity contribution in [3.63, 3.8) is 0 Å². The van der Waals surface area contributed by atoms with Crippen LogP contribution in [-0.2, 0) is 26.8 Å². The lowest BCUT2D eigenvalue weighted by Crippen LogP contribution is -2.30. The molecule has 1 fully saturated rings. The minimum atomic E-state index is -3.93. The highest BCUT2D eigenvalue weighted by atomic mass is 32.2. The second-order valence-corrected chi connectivity index (χ2v) is 11.7. The van der Waals surface area contributed by atoms with Crippen molar-refractivity contribution in [2.45, 2.75) is 31.6 Å². The lowest BCUT2D eigenvalue weighted by atomic mass is 10.2. The third-order valence-corrected chi connectivity index (χ3v) is 7.66. The second kappa shape index (κ2) is 10.0. The summed E-state index contributed by atoms with van der Waals surface area (Å²) in [5.41, 5.74) is 1.02. The van der Waals surface area contributed by atoms with Crippen LogP contribution in [0.3, 0.4) is 0 Å². The predicted octanol–water partition coefficient (Wildman–Crippen LogP) is 4.01. The Kier molecular flexibility index (Phi) is 7.18. The maximum absolute atomic E-state index is 14.6. The van der Waals surface area contributed by atoms with E-state index in [0.29, 0.717) is 24.0 Å². The van der Waals surface area contributed by atoms with Crippen LogP contribution in [-0.4, -0.2) is 22.1 Å². The Morgan fingerprint density at radius 1 is 1.00 bits per heavy atom. The summed E-state index contributed by atoms with van der Waals surface area (Å²) in [5, 5.41) is 7.12. The summed E-state index contributed by atoms with van der Waals surface area (Å²) >= 11 is 0. The minimum absolute atomic E-state index is 0.0140. The number of nitrogens with two attached hydrogens (primary N) is 1. The smallest absolute Gasteiger partial charge is 0.274 e. The molecule has 3 aromatic carbocycles. The SMILES string of the molecule is Cc1ccc(Nc2cc(F)cc(Oc3cccc(CNS(N)(=O)=O)c3)c2NS(=O)(=O)C2CC2)c(F)c1. The molecule has 192 valence electrons. The molecule has 5 N–H and O–H groups in total. The van der Waals surface area contributed by atoms with E-state index in [0.717, 1.165) is 12.1 Å². The quantitative estimate of drug-likeness (QED) is 0.308. The average molecular weight is 539 g/mol. The van der Waals surface area contributed by atoms with Gasteiger partial charge in [0.15, 0.2) is 5.75 Å². The van der Waals surface area contributed by atoms with Crippen LogP contribution in [0.5, 0.6) is 11.5 Å². The Labute approximate surface area is 207 Å². The van der Waals surface area contributed by atoms with Gasteiger partial charge in [-0.15, -0.1) is 0 Å².